The highest BCUT2D eigenvalue weighted by Gasteiger charge is 2.20. The smallest absolute Gasteiger partial charge is 0.340 e. The van der Waals surface area contributed by atoms with Gasteiger partial charge in [-0.2, -0.15) is 0 Å². The largest absolute Gasteiger partial charge is 0.456 e. The number of nitrogens with one attached hydrogen (secondary N) is 1. The van der Waals surface area contributed by atoms with Crippen molar-refractivity contribution in [3.63, 3.8) is 0 Å². The number of aryl methyl sites for hydroxylation is 1. The van der Waals surface area contributed by atoms with E-state index in [1.54, 1.807) is 6.07 Å². The van der Waals surface area contributed by atoms with Gasteiger partial charge in [0.2, 0.25) is 0 Å². The highest BCUT2D eigenvalue weighted by atomic mass is 16.6. The van der Waals surface area contributed by atoms with Gasteiger partial charge >= 0.3 is 5.97 Å². The van der Waals surface area contributed by atoms with Crippen LogP contribution in [0.1, 0.15) is 36.7 Å². The Morgan fingerprint density at radius 2 is 1.62 bits per heavy atom. The molecule has 0 aliphatic heterocycles. The van der Waals surface area contributed by atoms with E-state index in [9.17, 15) is 4.79 Å². The zero-order chi connectivity index (χ0) is 15.5. The molecule has 110 valence electrons. The topological polar surface area (TPSA) is 38.3 Å². The molecular formula is C18H21NO2. The molecule has 0 saturated carbocycles. The van der Waals surface area contributed by atoms with E-state index in [-0.39, 0.29) is 5.97 Å². The van der Waals surface area contributed by atoms with E-state index in [0.717, 1.165) is 11.4 Å². The number of anilines is 2. The molecule has 2 rings (SSSR count). The van der Waals surface area contributed by atoms with Gasteiger partial charge in [0.1, 0.15) is 5.60 Å². The third kappa shape index (κ3) is 4.35. The van der Waals surface area contributed by atoms with Gasteiger partial charge in [0, 0.05) is 5.69 Å². The first-order chi connectivity index (χ1) is 9.85. The van der Waals surface area contributed by atoms with Gasteiger partial charge in [0.05, 0.1) is 11.3 Å². The summed E-state index contributed by atoms with van der Waals surface area (Å²) in [5.74, 6) is -0.322. The molecule has 0 amide bonds. The molecule has 0 saturated heterocycles. The van der Waals surface area contributed by atoms with Crippen LogP contribution in [0.25, 0.3) is 0 Å². The van der Waals surface area contributed by atoms with Gasteiger partial charge in [-0.3, -0.25) is 0 Å². The van der Waals surface area contributed by atoms with Crippen LogP contribution in [-0.4, -0.2) is 11.6 Å². The maximum absolute atomic E-state index is 12.3. The number of esters is 1. The van der Waals surface area contributed by atoms with Crippen LogP contribution < -0.4 is 5.32 Å². The third-order valence-corrected chi connectivity index (χ3v) is 2.88. The van der Waals surface area contributed by atoms with E-state index in [4.69, 9.17) is 4.74 Å². The Morgan fingerprint density at radius 3 is 2.24 bits per heavy atom. The lowest BCUT2D eigenvalue weighted by atomic mass is 10.1. The van der Waals surface area contributed by atoms with Crippen molar-refractivity contribution in [2.45, 2.75) is 33.3 Å². The lowest BCUT2D eigenvalue weighted by molar-refractivity contribution is 0.00708. The molecule has 3 heteroatoms. The van der Waals surface area contributed by atoms with Crippen LogP contribution in [-0.2, 0) is 4.74 Å². The molecule has 2 aromatic rings. The number of para-hydroxylation sites is 1. The van der Waals surface area contributed by atoms with Crippen molar-refractivity contribution in [2.24, 2.45) is 0 Å². The second kappa shape index (κ2) is 6.00. The Morgan fingerprint density at radius 1 is 1.00 bits per heavy atom. The number of carbonyl (C=O) groups excluding carboxylic acids is 1. The fourth-order valence-electron chi connectivity index (χ4n) is 1.90. The van der Waals surface area contributed by atoms with E-state index >= 15 is 0 Å². The predicted molar refractivity (Wildman–Crippen MR) is 86.1 cm³/mol. The predicted octanol–water partition coefficient (Wildman–Crippen LogP) is 4.69. The summed E-state index contributed by atoms with van der Waals surface area (Å²) in [6, 6.07) is 15.4. The Bertz CT molecular complexity index is 624. The summed E-state index contributed by atoms with van der Waals surface area (Å²) in [5, 5.41) is 3.27. The van der Waals surface area contributed by atoms with E-state index in [1.807, 2.05) is 70.2 Å². The molecule has 0 atom stereocenters. The van der Waals surface area contributed by atoms with Crippen molar-refractivity contribution in [2.75, 3.05) is 5.32 Å². The number of ether oxygens (including phenoxy) is 1. The summed E-state index contributed by atoms with van der Waals surface area (Å²) in [6.07, 6.45) is 0. The summed E-state index contributed by atoms with van der Waals surface area (Å²) >= 11 is 0. The maximum Gasteiger partial charge on any atom is 0.340 e. The molecule has 3 nitrogen and oxygen atoms in total. The highest BCUT2D eigenvalue weighted by molar-refractivity contribution is 5.96. The molecular weight excluding hydrogens is 262 g/mol. The first-order valence-corrected chi connectivity index (χ1v) is 7.01. The summed E-state index contributed by atoms with van der Waals surface area (Å²) in [5.41, 5.74) is 2.91. The quantitative estimate of drug-likeness (QED) is 0.830. The van der Waals surface area contributed by atoms with Gasteiger partial charge in [-0.15, -0.1) is 0 Å². The molecule has 0 radical (unpaired) electrons. The maximum atomic E-state index is 12.3. The van der Waals surface area contributed by atoms with Gasteiger partial charge in [0.25, 0.3) is 0 Å². The Kier molecular flexibility index (Phi) is 4.32. The Balaban J connectivity index is 2.24. The fraction of sp³-hybridized carbons (Fsp3) is 0.278. The second-order valence-corrected chi connectivity index (χ2v) is 6.04. The van der Waals surface area contributed by atoms with Crippen LogP contribution in [0.15, 0.2) is 48.5 Å². The summed E-state index contributed by atoms with van der Waals surface area (Å²) in [4.78, 5) is 12.3. The van der Waals surface area contributed by atoms with Crippen molar-refractivity contribution in [1.29, 1.82) is 0 Å². The van der Waals surface area contributed by atoms with Crippen LogP contribution in [0.2, 0.25) is 0 Å². The van der Waals surface area contributed by atoms with Crippen LogP contribution in [0.3, 0.4) is 0 Å². The van der Waals surface area contributed by atoms with Gasteiger partial charge < -0.3 is 10.1 Å². The summed E-state index contributed by atoms with van der Waals surface area (Å²) in [6.45, 7) is 7.63. The van der Waals surface area contributed by atoms with Crippen molar-refractivity contribution in [1.82, 2.24) is 0 Å². The van der Waals surface area contributed by atoms with Crippen LogP contribution in [0.4, 0.5) is 11.4 Å². The molecule has 0 heterocycles. The van der Waals surface area contributed by atoms with E-state index in [1.165, 1.54) is 5.56 Å². The zero-order valence-electron chi connectivity index (χ0n) is 12.9. The second-order valence-electron chi connectivity index (χ2n) is 6.04. The summed E-state index contributed by atoms with van der Waals surface area (Å²) in [7, 11) is 0. The minimum atomic E-state index is -0.506. The van der Waals surface area contributed by atoms with Crippen LogP contribution >= 0.6 is 0 Å². The Hall–Kier alpha value is -2.29. The van der Waals surface area contributed by atoms with E-state index in [2.05, 4.69) is 5.32 Å². The average Bonchev–Trinajstić information content (AvgIpc) is 2.40. The van der Waals surface area contributed by atoms with E-state index < -0.39 is 5.60 Å². The van der Waals surface area contributed by atoms with Crippen molar-refractivity contribution in [3.05, 3.63) is 59.7 Å². The van der Waals surface area contributed by atoms with Crippen molar-refractivity contribution in [3.8, 4) is 0 Å². The van der Waals surface area contributed by atoms with Gasteiger partial charge in [-0.25, -0.2) is 4.79 Å². The molecule has 0 aromatic heterocycles. The lowest BCUT2D eigenvalue weighted by Gasteiger charge is -2.20. The minimum absolute atomic E-state index is 0.322. The molecule has 0 aliphatic carbocycles. The fourth-order valence-corrected chi connectivity index (χ4v) is 1.90. The monoisotopic (exact) mass is 283 g/mol. The molecule has 21 heavy (non-hydrogen) atoms. The number of rotatable bonds is 3. The van der Waals surface area contributed by atoms with Gasteiger partial charge in [-0.1, -0.05) is 29.8 Å². The molecule has 2 aromatic carbocycles. The third-order valence-electron chi connectivity index (χ3n) is 2.88. The van der Waals surface area contributed by atoms with E-state index in [0.29, 0.717) is 5.56 Å². The average molecular weight is 283 g/mol. The normalized spacial score (nSPS) is 11.0. The SMILES string of the molecule is Cc1ccc(Nc2ccccc2C(=O)OC(C)(C)C)cc1. The summed E-state index contributed by atoms with van der Waals surface area (Å²) < 4.78 is 5.44. The first-order valence-electron chi connectivity index (χ1n) is 7.01. The number of hydrogen-bond acceptors (Lipinski definition) is 3. The molecule has 0 bridgehead atoms. The van der Waals surface area contributed by atoms with Crippen molar-refractivity contribution < 1.29 is 9.53 Å². The zero-order valence-corrected chi connectivity index (χ0v) is 12.9. The number of hydrogen-bond donors (Lipinski definition) is 1. The van der Waals surface area contributed by atoms with Crippen molar-refractivity contribution >= 4 is 17.3 Å². The molecule has 0 unspecified atom stereocenters. The lowest BCUT2D eigenvalue weighted by Crippen LogP contribution is -2.24. The molecule has 0 aliphatic rings. The number of benzene rings is 2. The van der Waals surface area contributed by atoms with Gasteiger partial charge in [0.15, 0.2) is 0 Å². The van der Waals surface area contributed by atoms with Crippen LogP contribution in [0, 0.1) is 6.92 Å². The standard InChI is InChI=1S/C18H21NO2/c1-13-9-11-14(12-10-13)19-16-8-6-5-7-15(16)17(20)21-18(2,3)4/h5-12,19H,1-4H3. The van der Waals surface area contributed by atoms with Gasteiger partial charge in [-0.05, 0) is 52.0 Å². The first kappa shape index (κ1) is 15.1. The minimum Gasteiger partial charge on any atom is -0.456 e. The highest BCUT2D eigenvalue weighted by Crippen LogP contribution is 2.23. The molecule has 0 spiro atoms. The molecule has 1 N–H and O–H groups in total. The van der Waals surface area contributed by atoms with Crippen LogP contribution in [0.5, 0.6) is 0 Å². The molecule has 0 fully saturated rings. The number of carbonyl (C=O) groups is 1. The Labute approximate surface area is 126 Å².